The summed E-state index contributed by atoms with van der Waals surface area (Å²) in [5.74, 6) is 0.629. The van der Waals surface area contributed by atoms with Gasteiger partial charge in [-0.2, -0.15) is 5.10 Å². The van der Waals surface area contributed by atoms with Crippen molar-refractivity contribution in [2.45, 2.75) is 13.3 Å². The second-order valence-corrected chi connectivity index (χ2v) is 5.51. The normalized spacial score (nSPS) is 10.8. The zero-order valence-corrected chi connectivity index (χ0v) is 13.8. The molecule has 124 valence electrons. The summed E-state index contributed by atoms with van der Waals surface area (Å²) >= 11 is 0. The number of amides is 1. The van der Waals surface area contributed by atoms with Crippen molar-refractivity contribution in [3.8, 4) is 11.5 Å². The zero-order valence-electron chi connectivity index (χ0n) is 13.8. The van der Waals surface area contributed by atoms with Gasteiger partial charge in [0.05, 0.1) is 6.26 Å². The van der Waals surface area contributed by atoms with Gasteiger partial charge in [0.1, 0.15) is 5.69 Å². The summed E-state index contributed by atoms with van der Waals surface area (Å²) in [6.07, 6.45) is 5.93. The zero-order chi connectivity index (χ0) is 16.9. The van der Waals surface area contributed by atoms with Crippen LogP contribution in [0.15, 0.2) is 53.4 Å². The minimum atomic E-state index is -0.0695. The fraction of sp³-hybridized carbons (Fsp3) is 0.278. The van der Waals surface area contributed by atoms with Gasteiger partial charge < -0.3 is 9.32 Å². The molecular formula is C18H20N4O2. The minimum Gasteiger partial charge on any atom is -0.463 e. The van der Waals surface area contributed by atoms with Crippen LogP contribution in [-0.4, -0.2) is 38.7 Å². The molecule has 0 radical (unpaired) electrons. The first-order valence-electron chi connectivity index (χ1n) is 7.95. The van der Waals surface area contributed by atoms with Crippen LogP contribution in [0.4, 0.5) is 0 Å². The molecule has 0 unspecified atom stereocenters. The first kappa shape index (κ1) is 16.0. The van der Waals surface area contributed by atoms with Gasteiger partial charge in [0.2, 0.25) is 0 Å². The quantitative estimate of drug-likeness (QED) is 0.699. The van der Waals surface area contributed by atoms with E-state index in [2.05, 4.69) is 10.1 Å². The second-order valence-electron chi connectivity index (χ2n) is 5.51. The Bertz CT molecular complexity index is 794. The summed E-state index contributed by atoms with van der Waals surface area (Å²) < 4.78 is 7.06. The van der Waals surface area contributed by atoms with E-state index < -0.39 is 0 Å². The van der Waals surface area contributed by atoms with Crippen molar-refractivity contribution in [1.82, 2.24) is 19.7 Å². The van der Waals surface area contributed by atoms with Gasteiger partial charge in [-0.3, -0.25) is 14.5 Å². The van der Waals surface area contributed by atoms with Gasteiger partial charge in [-0.15, -0.1) is 0 Å². The highest BCUT2D eigenvalue weighted by Gasteiger charge is 2.20. The molecule has 0 aliphatic heterocycles. The molecule has 0 aliphatic carbocycles. The summed E-state index contributed by atoms with van der Waals surface area (Å²) in [6, 6.07) is 9.38. The van der Waals surface area contributed by atoms with Crippen molar-refractivity contribution in [2.24, 2.45) is 7.05 Å². The SMILES string of the molecule is CCN(CCc1ccncc1)C(=O)c1cc(-c2ccco2)n(C)n1. The van der Waals surface area contributed by atoms with E-state index in [0.717, 1.165) is 17.7 Å². The van der Waals surface area contributed by atoms with Crippen molar-refractivity contribution < 1.29 is 9.21 Å². The fourth-order valence-electron chi connectivity index (χ4n) is 2.61. The lowest BCUT2D eigenvalue weighted by atomic mass is 10.2. The number of nitrogens with zero attached hydrogens (tertiary/aromatic N) is 4. The van der Waals surface area contributed by atoms with Crippen LogP contribution in [0.1, 0.15) is 23.0 Å². The maximum Gasteiger partial charge on any atom is 0.274 e. The molecule has 6 nitrogen and oxygen atoms in total. The van der Waals surface area contributed by atoms with Crippen molar-refractivity contribution in [1.29, 1.82) is 0 Å². The Morgan fingerprint density at radius 3 is 2.75 bits per heavy atom. The van der Waals surface area contributed by atoms with E-state index in [1.165, 1.54) is 0 Å². The van der Waals surface area contributed by atoms with Gasteiger partial charge in [-0.1, -0.05) is 0 Å². The summed E-state index contributed by atoms with van der Waals surface area (Å²) in [6.45, 7) is 3.25. The van der Waals surface area contributed by atoms with Gasteiger partial charge in [0.15, 0.2) is 11.5 Å². The van der Waals surface area contributed by atoms with Crippen molar-refractivity contribution >= 4 is 5.91 Å². The first-order chi connectivity index (χ1) is 11.7. The molecule has 1 amide bonds. The average Bonchev–Trinajstić information content (AvgIpc) is 3.25. The molecule has 0 N–H and O–H groups in total. The highest BCUT2D eigenvalue weighted by atomic mass is 16.3. The van der Waals surface area contributed by atoms with Crippen LogP contribution in [0.3, 0.4) is 0 Å². The van der Waals surface area contributed by atoms with Crippen molar-refractivity contribution in [3.05, 3.63) is 60.2 Å². The molecular weight excluding hydrogens is 304 g/mol. The standard InChI is InChI=1S/C18H20N4O2/c1-3-22(11-8-14-6-9-19-10-7-14)18(23)15-13-16(21(2)20-15)17-5-4-12-24-17/h4-7,9-10,12-13H,3,8,11H2,1-2H3. The van der Waals surface area contributed by atoms with Gasteiger partial charge in [0.25, 0.3) is 5.91 Å². The monoisotopic (exact) mass is 324 g/mol. The molecule has 0 spiro atoms. The average molecular weight is 324 g/mol. The highest BCUT2D eigenvalue weighted by Crippen LogP contribution is 2.20. The number of pyridine rings is 1. The lowest BCUT2D eigenvalue weighted by molar-refractivity contribution is 0.0759. The molecule has 0 aliphatic rings. The number of likely N-dealkylation sites (N-methyl/N-ethyl adjacent to an activating group) is 1. The van der Waals surface area contributed by atoms with Gasteiger partial charge in [-0.25, -0.2) is 0 Å². The predicted molar refractivity (Wildman–Crippen MR) is 90.4 cm³/mol. The smallest absolute Gasteiger partial charge is 0.274 e. The Hall–Kier alpha value is -2.89. The van der Waals surface area contributed by atoms with Crippen LogP contribution < -0.4 is 0 Å². The summed E-state index contributed by atoms with van der Waals surface area (Å²) in [5, 5.41) is 4.35. The lowest BCUT2D eigenvalue weighted by Gasteiger charge is -2.19. The van der Waals surface area contributed by atoms with Gasteiger partial charge in [0, 0.05) is 38.6 Å². The van der Waals surface area contributed by atoms with Crippen LogP contribution in [0.25, 0.3) is 11.5 Å². The fourth-order valence-corrected chi connectivity index (χ4v) is 2.61. The molecule has 6 heteroatoms. The molecule has 0 saturated heterocycles. The number of hydrogen-bond donors (Lipinski definition) is 0. The maximum absolute atomic E-state index is 12.7. The lowest BCUT2D eigenvalue weighted by Crippen LogP contribution is -2.33. The van der Waals surface area contributed by atoms with E-state index >= 15 is 0 Å². The molecule has 24 heavy (non-hydrogen) atoms. The number of rotatable bonds is 6. The molecule has 0 saturated carbocycles. The van der Waals surface area contributed by atoms with Crippen LogP contribution >= 0.6 is 0 Å². The van der Waals surface area contributed by atoms with Gasteiger partial charge >= 0.3 is 0 Å². The van der Waals surface area contributed by atoms with Crippen molar-refractivity contribution in [3.63, 3.8) is 0 Å². The first-order valence-corrected chi connectivity index (χ1v) is 7.95. The van der Waals surface area contributed by atoms with E-state index in [1.807, 2.05) is 38.2 Å². The molecule has 3 aromatic rings. The highest BCUT2D eigenvalue weighted by molar-refractivity contribution is 5.93. The van der Waals surface area contributed by atoms with E-state index in [-0.39, 0.29) is 5.91 Å². The predicted octanol–water partition coefficient (Wildman–Crippen LogP) is 2.78. The number of aromatic nitrogens is 3. The van der Waals surface area contributed by atoms with E-state index in [0.29, 0.717) is 24.5 Å². The molecule has 0 aromatic carbocycles. The number of carbonyl (C=O) groups excluding carboxylic acids is 1. The Labute approximate surface area is 140 Å². The Morgan fingerprint density at radius 1 is 1.29 bits per heavy atom. The summed E-state index contributed by atoms with van der Waals surface area (Å²) in [5.41, 5.74) is 2.38. The summed E-state index contributed by atoms with van der Waals surface area (Å²) in [7, 11) is 1.81. The number of furan rings is 1. The topological polar surface area (TPSA) is 64.2 Å². The molecule has 3 aromatic heterocycles. The second kappa shape index (κ2) is 7.12. The van der Waals surface area contributed by atoms with Crippen LogP contribution in [0, 0.1) is 0 Å². The Balaban J connectivity index is 1.73. The molecule has 3 rings (SSSR count). The third-order valence-electron chi connectivity index (χ3n) is 3.96. The maximum atomic E-state index is 12.7. The molecule has 0 bridgehead atoms. The van der Waals surface area contributed by atoms with Crippen LogP contribution in [0.5, 0.6) is 0 Å². The van der Waals surface area contributed by atoms with E-state index in [9.17, 15) is 4.79 Å². The Morgan fingerprint density at radius 2 is 2.08 bits per heavy atom. The largest absolute Gasteiger partial charge is 0.463 e. The third-order valence-corrected chi connectivity index (χ3v) is 3.96. The van der Waals surface area contributed by atoms with Crippen LogP contribution in [0.2, 0.25) is 0 Å². The number of aryl methyl sites for hydroxylation is 1. The Kier molecular flexibility index (Phi) is 4.74. The van der Waals surface area contributed by atoms with E-state index in [4.69, 9.17) is 4.42 Å². The number of hydrogen-bond acceptors (Lipinski definition) is 4. The van der Waals surface area contributed by atoms with E-state index in [1.54, 1.807) is 34.3 Å². The van der Waals surface area contributed by atoms with Crippen LogP contribution in [-0.2, 0) is 13.5 Å². The molecule has 3 heterocycles. The third kappa shape index (κ3) is 3.37. The van der Waals surface area contributed by atoms with Crippen molar-refractivity contribution in [2.75, 3.05) is 13.1 Å². The molecule has 0 fully saturated rings. The molecule has 0 atom stereocenters. The summed E-state index contributed by atoms with van der Waals surface area (Å²) in [4.78, 5) is 18.5. The van der Waals surface area contributed by atoms with Gasteiger partial charge in [-0.05, 0) is 43.2 Å². The number of carbonyl (C=O) groups is 1. The minimum absolute atomic E-state index is 0.0695.